The van der Waals surface area contributed by atoms with Gasteiger partial charge in [-0.05, 0) is 18.4 Å². The molecule has 21 heavy (non-hydrogen) atoms. The molecule has 0 radical (unpaired) electrons. The summed E-state index contributed by atoms with van der Waals surface area (Å²) < 4.78 is 33.0. The second kappa shape index (κ2) is 6.27. The fourth-order valence-electron chi connectivity index (χ4n) is 2.11. The third-order valence-corrected chi connectivity index (χ3v) is 4.17. The zero-order chi connectivity index (χ0) is 16.4. The Balaban J connectivity index is 3.66. The van der Waals surface area contributed by atoms with E-state index in [1.807, 2.05) is 0 Å². The highest BCUT2D eigenvalue weighted by atomic mass is 32.2. The average molecular weight is 318 g/mol. The molecule has 1 amide bonds. The van der Waals surface area contributed by atoms with Crippen LogP contribution in [0.15, 0.2) is 18.2 Å². The van der Waals surface area contributed by atoms with E-state index >= 15 is 0 Å². The Morgan fingerprint density at radius 1 is 1.57 bits per heavy atom. The van der Waals surface area contributed by atoms with Crippen LogP contribution in [-0.4, -0.2) is 19.6 Å². The minimum Gasteiger partial charge on any atom is -0.368 e. The van der Waals surface area contributed by atoms with Crippen LogP contribution in [0, 0.1) is 21.8 Å². The Labute approximate surface area is 122 Å². The maximum Gasteiger partial charge on any atom is 0.269 e. The molecule has 2 atom stereocenters. The summed E-state index contributed by atoms with van der Waals surface area (Å²) in [7, 11) is 0. The number of hydrogen-bond donors (Lipinski definition) is 2. The normalized spacial score (nSPS) is 15.5. The molecular formula is C12H15FN2O5S. The molecule has 1 aromatic carbocycles. The molecule has 9 heteroatoms. The number of carbonyl (C=O) groups is 1. The number of nitrogens with zero attached hydrogens (tertiary/aromatic N) is 1. The predicted octanol–water partition coefficient (Wildman–Crippen LogP) is 1.68. The Hall–Kier alpha value is -1.87. The number of carbonyl (C=O) groups excluding carboxylic acids is 1. The average Bonchev–Trinajstić information content (AvgIpc) is 2.35. The molecule has 0 aliphatic carbocycles. The van der Waals surface area contributed by atoms with Gasteiger partial charge < -0.3 is 10.3 Å². The van der Waals surface area contributed by atoms with Crippen LogP contribution in [-0.2, 0) is 20.6 Å². The van der Waals surface area contributed by atoms with Gasteiger partial charge in [-0.15, -0.1) is 0 Å². The summed E-state index contributed by atoms with van der Waals surface area (Å²) in [5, 5.41) is 10.8. The molecule has 0 spiro atoms. The highest BCUT2D eigenvalue weighted by Gasteiger charge is 2.48. The molecular weight excluding hydrogens is 303 g/mol. The van der Waals surface area contributed by atoms with Gasteiger partial charge in [0.05, 0.1) is 4.92 Å². The minimum atomic E-state index is -2.83. The molecule has 0 aliphatic rings. The van der Waals surface area contributed by atoms with Crippen LogP contribution < -0.4 is 5.73 Å². The summed E-state index contributed by atoms with van der Waals surface area (Å²) in [5.74, 6) is -2.48. The van der Waals surface area contributed by atoms with E-state index in [4.69, 9.17) is 5.73 Å². The number of non-ortho nitro benzene ring substituents is 1. The van der Waals surface area contributed by atoms with Gasteiger partial charge in [-0.25, -0.2) is 8.60 Å². The van der Waals surface area contributed by atoms with Crippen molar-refractivity contribution in [3.8, 4) is 0 Å². The van der Waals surface area contributed by atoms with Gasteiger partial charge in [0, 0.05) is 17.7 Å². The van der Waals surface area contributed by atoms with Gasteiger partial charge in [0.15, 0.2) is 15.8 Å². The summed E-state index contributed by atoms with van der Waals surface area (Å²) in [6, 6.07) is 2.45. The van der Waals surface area contributed by atoms with Crippen molar-refractivity contribution in [2.75, 3.05) is 0 Å². The van der Waals surface area contributed by atoms with Gasteiger partial charge in [-0.2, -0.15) is 0 Å². The molecule has 116 valence electrons. The van der Waals surface area contributed by atoms with Gasteiger partial charge in [0.1, 0.15) is 5.82 Å². The van der Waals surface area contributed by atoms with Crippen molar-refractivity contribution in [2.24, 2.45) is 11.7 Å². The van der Waals surface area contributed by atoms with Crippen LogP contribution in [0.25, 0.3) is 0 Å². The Morgan fingerprint density at radius 2 is 2.14 bits per heavy atom. The summed E-state index contributed by atoms with van der Waals surface area (Å²) in [6.45, 7) is 3.31. The highest BCUT2D eigenvalue weighted by molar-refractivity contribution is 7.81. The van der Waals surface area contributed by atoms with E-state index in [1.165, 1.54) is 0 Å². The van der Waals surface area contributed by atoms with Crippen molar-refractivity contribution >= 4 is 22.7 Å². The quantitative estimate of drug-likeness (QED) is 0.469. The Bertz CT molecular complexity index is 591. The number of hydrogen-bond acceptors (Lipinski definition) is 4. The second-order valence-electron chi connectivity index (χ2n) is 4.96. The molecule has 0 heterocycles. The number of benzene rings is 1. The lowest BCUT2D eigenvalue weighted by molar-refractivity contribution is -0.385. The fourth-order valence-corrected chi connectivity index (χ4v) is 3.10. The maximum absolute atomic E-state index is 14.0. The smallest absolute Gasteiger partial charge is 0.269 e. The van der Waals surface area contributed by atoms with E-state index in [0.29, 0.717) is 0 Å². The van der Waals surface area contributed by atoms with E-state index in [9.17, 15) is 28.1 Å². The van der Waals surface area contributed by atoms with Gasteiger partial charge in [0.2, 0.25) is 5.91 Å². The molecule has 3 N–H and O–H groups in total. The van der Waals surface area contributed by atoms with Crippen molar-refractivity contribution in [1.29, 1.82) is 0 Å². The highest BCUT2D eigenvalue weighted by Crippen LogP contribution is 2.37. The standard InChI is InChI=1S/C12H15FN2O5S/c1-7(2)6-12(11(14)16,21(19)20)9-5-8(15(17)18)3-4-10(9)13/h3-5,7H,6H2,1-2H3,(H2,14,16)(H,19,20). The molecule has 0 fully saturated rings. The van der Waals surface area contributed by atoms with Crippen LogP contribution in [0.4, 0.5) is 10.1 Å². The van der Waals surface area contributed by atoms with Crippen LogP contribution in [0.2, 0.25) is 0 Å². The molecule has 0 bridgehead atoms. The van der Waals surface area contributed by atoms with Crippen LogP contribution in [0.5, 0.6) is 0 Å². The summed E-state index contributed by atoms with van der Waals surface area (Å²) in [6.07, 6.45) is -0.219. The fraction of sp³-hybridized carbons (Fsp3) is 0.417. The van der Waals surface area contributed by atoms with E-state index in [1.54, 1.807) is 13.8 Å². The molecule has 0 saturated carbocycles. The molecule has 1 rings (SSSR count). The summed E-state index contributed by atoms with van der Waals surface area (Å²) in [4.78, 5) is 21.8. The maximum atomic E-state index is 14.0. The third-order valence-electron chi connectivity index (χ3n) is 2.99. The summed E-state index contributed by atoms with van der Waals surface area (Å²) >= 11 is -2.83. The van der Waals surface area contributed by atoms with Crippen molar-refractivity contribution in [2.45, 2.75) is 25.0 Å². The first-order chi connectivity index (χ1) is 9.62. The van der Waals surface area contributed by atoms with E-state index in [0.717, 1.165) is 18.2 Å². The number of primary amides is 1. The van der Waals surface area contributed by atoms with E-state index in [-0.39, 0.29) is 12.3 Å². The SMILES string of the molecule is CC(C)CC(C(N)=O)(c1cc([N+](=O)[O-])ccc1F)S(=O)O. The number of rotatable bonds is 6. The van der Waals surface area contributed by atoms with Crippen LogP contribution in [0.3, 0.4) is 0 Å². The molecule has 2 unspecified atom stereocenters. The molecule has 7 nitrogen and oxygen atoms in total. The van der Waals surface area contributed by atoms with Crippen molar-refractivity contribution in [1.82, 2.24) is 0 Å². The number of amides is 1. The van der Waals surface area contributed by atoms with Crippen LogP contribution in [0.1, 0.15) is 25.8 Å². The van der Waals surface area contributed by atoms with Crippen molar-refractivity contribution in [3.05, 3.63) is 39.7 Å². The number of nitro benzene ring substituents is 1. The number of nitrogens with two attached hydrogens (primary N) is 1. The number of nitro groups is 1. The Morgan fingerprint density at radius 3 is 2.52 bits per heavy atom. The van der Waals surface area contributed by atoms with Crippen LogP contribution >= 0.6 is 0 Å². The lowest BCUT2D eigenvalue weighted by Crippen LogP contribution is -2.46. The largest absolute Gasteiger partial charge is 0.368 e. The van der Waals surface area contributed by atoms with Gasteiger partial charge in [-0.1, -0.05) is 13.8 Å². The van der Waals surface area contributed by atoms with Crippen molar-refractivity contribution in [3.63, 3.8) is 0 Å². The number of halogens is 1. The zero-order valence-electron chi connectivity index (χ0n) is 11.4. The Kier molecular flexibility index (Phi) is 5.13. The third kappa shape index (κ3) is 3.24. The second-order valence-corrected chi connectivity index (χ2v) is 6.15. The zero-order valence-corrected chi connectivity index (χ0v) is 12.2. The lowest BCUT2D eigenvalue weighted by atomic mass is 9.88. The van der Waals surface area contributed by atoms with Gasteiger partial charge in [0.25, 0.3) is 5.69 Å². The lowest BCUT2D eigenvalue weighted by Gasteiger charge is -2.29. The topological polar surface area (TPSA) is 124 Å². The first-order valence-corrected chi connectivity index (χ1v) is 7.09. The van der Waals surface area contributed by atoms with Gasteiger partial charge in [-0.3, -0.25) is 14.9 Å². The molecule has 1 aromatic rings. The minimum absolute atomic E-state index is 0.219. The first kappa shape index (κ1) is 17.2. The summed E-state index contributed by atoms with van der Waals surface area (Å²) in [5.41, 5.74) is 4.18. The van der Waals surface area contributed by atoms with Crippen molar-refractivity contribution < 1.29 is 22.9 Å². The molecule has 0 aliphatic heterocycles. The monoisotopic (exact) mass is 318 g/mol. The first-order valence-electron chi connectivity index (χ1n) is 5.98. The molecule has 0 aromatic heterocycles. The van der Waals surface area contributed by atoms with Gasteiger partial charge >= 0.3 is 0 Å². The predicted molar refractivity (Wildman–Crippen MR) is 74.2 cm³/mol. The van der Waals surface area contributed by atoms with E-state index < -0.39 is 43.7 Å². The van der Waals surface area contributed by atoms with E-state index in [2.05, 4.69) is 0 Å². The molecule has 0 saturated heterocycles.